The number of hydrogen-bond acceptors (Lipinski definition) is 3. The van der Waals surface area contributed by atoms with Gasteiger partial charge in [-0.1, -0.05) is 0 Å². The summed E-state index contributed by atoms with van der Waals surface area (Å²) >= 11 is 0. The van der Waals surface area contributed by atoms with Crippen LogP contribution in [0.5, 0.6) is 0 Å². The molecule has 0 heterocycles. The maximum atomic E-state index is 12.8. The Balaban J connectivity index is 5.82. The highest BCUT2D eigenvalue weighted by atomic mass is 19.4. The summed E-state index contributed by atoms with van der Waals surface area (Å²) in [4.78, 5) is 10.2. The number of alkyl halides is 11. The zero-order chi connectivity index (χ0) is 17.5. The molecular weight excluding hydrogens is 341 g/mol. The molecule has 0 saturated carbocycles. The molecule has 0 rings (SSSR count). The molecule has 0 aliphatic heterocycles. The highest BCUT2D eigenvalue weighted by Gasteiger charge is 2.80. The van der Waals surface area contributed by atoms with E-state index in [1.54, 1.807) is 4.74 Å². The lowest BCUT2D eigenvalue weighted by Gasteiger charge is -2.34. The number of ether oxygens (including phenoxy) is 2. The van der Waals surface area contributed by atoms with Gasteiger partial charge in [0.15, 0.2) is 0 Å². The van der Waals surface area contributed by atoms with Gasteiger partial charge in [0.25, 0.3) is 0 Å². The van der Waals surface area contributed by atoms with Crippen LogP contribution in [-0.4, -0.2) is 43.3 Å². The predicted octanol–water partition coefficient (Wildman–Crippen LogP) is 3.19. The normalized spacial score (nSPS) is 15.0. The van der Waals surface area contributed by atoms with Crippen molar-refractivity contribution in [3.63, 3.8) is 0 Å². The lowest BCUT2D eigenvalue weighted by molar-refractivity contribution is -0.499. The molecule has 0 atom stereocenters. The minimum atomic E-state index is -7.18. The predicted molar refractivity (Wildman–Crippen MR) is 38.9 cm³/mol. The first-order valence-electron chi connectivity index (χ1n) is 4.30. The van der Waals surface area contributed by atoms with Crippen LogP contribution in [0.1, 0.15) is 0 Å². The summed E-state index contributed by atoms with van der Waals surface area (Å²) < 4.78 is 139. The fraction of sp³-hybridized carbons (Fsp3) is 0.857. The van der Waals surface area contributed by atoms with Gasteiger partial charge < -0.3 is 4.74 Å². The molecule has 0 amide bonds. The Morgan fingerprint density at radius 3 is 1.33 bits per heavy atom. The van der Waals surface area contributed by atoms with Gasteiger partial charge in [0.05, 0.1) is 7.11 Å². The number of methoxy groups -OCH3 is 1. The van der Waals surface area contributed by atoms with Crippen LogP contribution in [0.4, 0.5) is 48.3 Å². The molecule has 0 aromatic rings. The van der Waals surface area contributed by atoms with Crippen LogP contribution in [0.25, 0.3) is 0 Å². The van der Waals surface area contributed by atoms with Crippen molar-refractivity contribution < 1.29 is 62.6 Å². The van der Waals surface area contributed by atoms with Gasteiger partial charge in [-0.25, -0.2) is 4.79 Å². The second-order valence-corrected chi connectivity index (χ2v) is 3.28. The number of carbonyl (C=O) groups is 1. The summed E-state index contributed by atoms with van der Waals surface area (Å²) in [5, 5.41) is 0. The third kappa shape index (κ3) is 3.29. The topological polar surface area (TPSA) is 35.5 Å². The second-order valence-electron chi connectivity index (χ2n) is 3.28. The lowest BCUT2D eigenvalue weighted by atomic mass is 10.2. The van der Waals surface area contributed by atoms with Gasteiger partial charge in [0.2, 0.25) is 0 Å². The highest BCUT2D eigenvalue weighted by Crippen LogP contribution is 2.52. The summed E-state index contributed by atoms with van der Waals surface area (Å²) in [5.74, 6) is -16.7. The Hall–Kier alpha value is -1.34. The van der Waals surface area contributed by atoms with E-state index < -0.39 is 36.2 Å². The summed E-state index contributed by atoms with van der Waals surface area (Å²) in [6, 6.07) is 0. The average Bonchev–Trinajstić information content (AvgIpc) is 2.23. The molecule has 21 heavy (non-hydrogen) atoms. The maximum absolute atomic E-state index is 12.8. The van der Waals surface area contributed by atoms with Crippen molar-refractivity contribution in [3.05, 3.63) is 0 Å². The van der Waals surface area contributed by atoms with E-state index in [4.69, 9.17) is 0 Å². The molecule has 0 aliphatic carbocycles. The van der Waals surface area contributed by atoms with Gasteiger partial charge in [0, 0.05) is 0 Å². The number of halogens is 11. The van der Waals surface area contributed by atoms with E-state index in [1.165, 1.54) is 0 Å². The molecule has 0 spiro atoms. The fourth-order valence-corrected chi connectivity index (χ4v) is 0.764. The molecule has 0 N–H and O–H groups in total. The van der Waals surface area contributed by atoms with Gasteiger partial charge in [0.1, 0.15) is 0 Å². The van der Waals surface area contributed by atoms with Crippen LogP contribution in [0, 0.1) is 0 Å². The molecule has 126 valence electrons. The zero-order valence-corrected chi connectivity index (χ0v) is 9.38. The van der Waals surface area contributed by atoms with Gasteiger partial charge in [-0.15, -0.1) is 0 Å². The Labute approximate surface area is 107 Å². The monoisotopic (exact) mass is 344 g/mol. The minimum Gasteiger partial charge on any atom is -0.464 e. The standard InChI is InChI=1S/C7H3F11O3/c1-20-2(19)3(8,9)7(17,18)21-4(10,5(11,12)13)6(14,15)16/h1H3. The van der Waals surface area contributed by atoms with E-state index in [9.17, 15) is 53.1 Å². The smallest absolute Gasteiger partial charge is 0.458 e. The van der Waals surface area contributed by atoms with Crippen LogP contribution in [-0.2, 0) is 14.3 Å². The van der Waals surface area contributed by atoms with Crippen molar-refractivity contribution in [1.82, 2.24) is 0 Å². The fourth-order valence-electron chi connectivity index (χ4n) is 0.764. The molecule has 0 saturated heterocycles. The van der Waals surface area contributed by atoms with Crippen LogP contribution in [0.15, 0.2) is 0 Å². The van der Waals surface area contributed by atoms with Crippen molar-refractivity contribution in [3.8, 4) is 0 Å². The molecule has 0 aliphatic rings. The first-order valence-corrected chi connectivity index (χ1v) is 4.30. The molecule has 0 radical (unpaired) electrons. The Kier molecular flexibility index (Phi) is 4.81. The van der Waals surface area contributed by atoms with E-state index in [0.717, 1.165) is 0 Å². The SMILES string of the molecule is COC(=O)C(F)(F)C(F)(F)OC(F)(C(F)(F)F)C(F)(F)F. The molecule has 0 aromatic heterocycles. The molecule has 0 bridgehead atoms. The van der Waals surface area contributed by atoms with E-state index in [2.05, 4.69) is 4.74 Å². The molecule has 3 nitrogen and oxygen atoms in total. The van der Waals surface area contributed by atoms with Gasteiger partial charge in [-0.3, -0.25) is 4.74 Å². The molecule has 0 fully saturated rings. The number of esters is 1. The van der Waals surface area contributed by atoms with Crippen LogP contribution in [0.3, 0.4) is 0 Å². The van der Waals surface area contributed by atoms with Gasteiger partial charge in [-0.05, 0) is 0 Å². The summed E-state index contributed by atoms with van der Waals surface area (Å²) in [6.07, 6.45) is -21.2. The third-order valence-electron chi connectivity index (χ3n) is 1.81. The van der Waals surface area contributed by atoms with E-state index in [-0.39, 0.29) is 7.11 Å². The van der Waals surface area contributed by atoms with Crippen molar-refractivity contribution in [2.75, 3.05) is 7.11 Å². The molecule has 0 aromatic carbocycles. The second kappa shape index (κ2) is 5.14. The highest BCUT2D eigenvalue weighted by molar-refractivity contribution is 5.78. The lowest BCUT2D eigenvalue weighted by Crippen LogP contribution is -2.62. The summed E-state index contributed by atoms with van der Waals surface area (Å²) in [7, 11) is 0.0720. The quantitative estimate of drug-likeness (QED) is 0.581. The van der Waals surface area contributed by atoms with Crippen molar-refractivity contribution in [1.29, 1.82) is 0 Å². The average molecular weight is 344 g/mol. The van der Waals surface area contributed by atoms with Crippen LogP contribution in [0.2, 0.25) is 0 Å². The molecule has 0 unspecified atom stereocenters. The molecular formula is C7H3F11O3. The Morgan fingerprint density at radius 2 is 1.10 bits per heavy atom. The number of rotatable bonds is 4. The van der Waals surface area contributed by atoms with Gasteiger partial charge in [-0.2, -0.15) is 48.3 Å². The summed E-state index contributed by atoms with van der Waals surface area (Å²) in [6.45, 7) is 0. The largest absolute Gasteiger partial charge is 0.464 e. The van der Waals surface area contributed by atoms with Gasteiger partial charge >= 0.3 is 36.2 Å². The van der Waals surface area contributed by atoms with E-state index in [0.29, 0.717) is 0 Å². The van der Waals surface area contributed by atoms with E-state index >= 15 is 0 Å². The number of hydrogen-bond donors (Lipinski definition) is 0. The zero-order valence-electron chi connectivity index (χ0n) is 9.38. The first kappa shape index (κ1) is 19.7. The minimum absolute atomic E-state index is 0.0720. The third-order valence-corrected chi connectivity index (χ3v) is 1.81. The van der Waals surface area contributed by atoms with E-state index in [1.807, 2.05) is 0 Å². The maximum Gasteiger partial charge on any atom is 0.458 e. The Morgan fingerprint density at radius 1 is 0.762 bits per heavy atom. The number of carbonyl (C=O) groups excluding carboxylic acids is 1. The Bertz CT molecular complexity index is 382. The van der Waals surface area contributed by atoms with Crippen molar-refractivity contribution in [2.24, 2.45) is 0 Å². The molecule has 14 heteroatoms. The first-order chi connectivity index (χ1) is 8.94. The van der Waals surface area contributed by atoms with Crippen LogP contribution >= 0.6 is 0 Å². The summed E-state index contributed by atoms with van der Waals surface area (Å²) in [5.41, 5.74) is 0. The van der Waals surface area contributed by atoms with Crippen LogP contribution < -0.4 is 0 Å². The van der Waals surface area contributed by atoms with Crippen molar-refractivity contribution >= 4 is 5.97 Å². The van der Waals surface area contributed by atoms with Crippen molar-refractivity contribution in [2.45, 2.75) is 30.2 Å².